The summed E-state index contributed by atoms with van der Waals surface area (Å²) >= 11 is 0. The summed E-state index contributed by atoms with van der Waals surface area (Å²) in [4.78, 5) is 24.2. The number of benzene rings is 2. The molecule has 0 aliphatic rings. The van der Waals surface area contributed by atoms with E-state index in [1.165, 1.54) is 0 Å². The average molecular weight is 370 g/mol. The molecular formula is C21H26N2O4. The van der Waals surface area contributed by atoms with Gasteiger partial charge in [-0.2, -0.15) is 0 Å². The molecule has 2 aromatic carbocycles. The normalized spacial score (nSPS) is 11.4. The van der Waals surface area contributed by atoms with Crippen LogP contribution in [0.1, 0.15) is 41.8 Å². The number of hydrogen-bond acceptors (Lipinski definition) is 4. The van der Waals surface area contributed by atoms with Gasteiger partial charge in [0.05, 0.1) is 6.10 Å². The summed E-state index contributed by atoms with van der Waals surface area (Å²) < 4.78 is 11.3. The zero-order valence-electron chi connectivity index (χ0n) is 16.2. The Bertz CT molecular complexity index is 784. The molecule has 144 valence electrons. The van der Waals surface area contributed by atoms with Crippen LogP contribution in [0.4, 0.5) is 0 Å². The number of carbonyl (C=O) groups is 2. The first kappa shape index (κ1) is 20.3. The first-order valence-electron chi connectivity index (χ1n) is 8.95. The summed E-state index contributed by atoms with van der Waals surface area (Å²) in [6.45, 7) is 7.62. The number of carbonyl (C=O) groups excluding carboxylic acids is 2. The van der Waals surface area contributed by atoms with E-state index in [1.807, 2.05) is 45.9 Å². The second kappa shape index (κ2) is 9.62. The van der Waals surface area contributed by atoms with Crippen LogP contribution in [0.5, 0.6) is 11.5 Å². The van der Waals surface area contributed by atoms with E-state index in [2.05, 4.69) is 10.9 Å². The Morgan fingerprint density at radius 2 is 1.70 bits per heavy atom. The first-order valence-corrected chi connectivity index (χ1v) is 8.95. The molecule has 2 N–H and O–H groups in total. The van der Waals surface area contributed by atoms with Gasteiger partial charge in [0.2, 0.25) is 0 Å². The minimum Gasteiger partial charge on any atom is -0.491 e. The molecule has 6 nitrogen and oxygen atoms in total. The molecular weight excluding hydrogens is 344 g/mol. The van der Waals surface area contributed by atoms with Crippen molar-refractivity contribution in [3.05, 3.63) is 59.2 Å². The fraction of sp³-hybridized carbons (Fsp3) is 0.333. The van der Waals surface area contributed by atoms with Crippen LogP contribution < -0.4 is 20.3 Å². The summed E-state index contributed by atoms with van der Waals surface area (Å²) in [6, 6.07) is 12.6. The highest BCUT2D eigenvalue weighted by atomic mass is 16.5. The molecule has 0 heterocycles. The third-order valence-electron chi connectivity index (χ3n) is 4.08. The standard InChI is InChI=1S/C21H26N2O4/c1-5-16(4)27-18-11-7-10-17(12-18)21(25)23-22-19(24)13-26-20-14(2)8-6-9-15(20)3/h6-12,16H,5,13H2,1-4H3,(H,22,24)(H,23,25). The molecule has 6 heteroatoms. The molecule has 0 aliphatic carbocycles. The van der Waals surface area contributed by atoms with Crippen molar-refractivity contribution in [2.75, 3.05) is 6.61 Å². The molecule has 1 atom stereocenters. The van der Waals surface area contributed by atoms with Crippen molar-refractivity contribution < 1.29 is 19.1 Å². The van der Waals surface area contributed by atoms with Gasteiger partial charge in [0.25, 0.3) is 11.8 Å². The van der Waals surface area contributed by atoms with Gasteiger partial charge in [0, 0.05) is 5.56 Å². The second-order valence-corrected chi connectivity index (χ2v) is 6.38. The molecule has 2 rings (SSSR count). The van der Waals surface area contributed by atoms with Gasteiger partial charge in [-0.3, -0.25) is 20.4 Å². The lowest BCUT2D eigenvalue weighted by Crippen LogP contribution is -2.43. The first-order chi connectivity index (χ1) is 12.9. The molecule has 0 radical (unpaired) electrons. The van der Waals surface area contributed by atoms with Crippen molar-refractivity contribution in [2.45, 2.75) is 40.2 Å². The third kappa shape index (κ3) is 6.02. The molecule has 2 amide bonds. The van der Waals surface area contributed by atoms with E-state index >= 15 is 0 Å². The van der Waals surface area contributed by atoms with Crippen LogP contribution in [-0.2, 0) is 4.79 Å². The van der Waals surface area contributed by atoms with E-state index < -0.39 is 11.8 Å². The number of ether oxygens (including phenoxy) is 2. The van der Waals surface area contributed by atoms with Crippen molar-refractivity contribution in [3.8, 4) is 11.5 Å². The van der Waals surface area contributed by atoms with Gasteiger partial charge in [0.1, 0.15) is 11.5 Å². The van der Waals surface area contributed by atoms with Gasteiger partial charge in [-0.1, -0.05) is 31.2 Å². The molecule has 27 heavy (non-hydrogen) atoms. The van der Waals surface area contributed by atoms with Crippen molar-refractivity contribution in [1.29, 1.82) is 0 Å². The molecule has 1 unspecified atom stereocenters. The van der Waals surface area contributed by atoms with E-state index in [0.717, 1.165) is 17.5 Å². The van der Waals surface area contributed by atoms with Crippen LogP contribution in [-0.4, -0.2) is 24.5 Å². The van der Waals surface area contributed by atoms with Crippen molar-refractivity contribution in [3.63, 3.8) is 0 Å². The predicted octanol–water partition coefficient (Wildman–Crippen LogP) is 3.32. The van der Waals surface area contributed by atoms with Crippen molar-refractivity contribution in [2.24, 2.45) is 0 Å². The van der Waals surface area contributed by atoms with Crippen LogP contribution in [0, 0.1) is 13.8 Å². The van der Waals surface area contributed by atoms with Crippen LogP contribution in [0.25, 0.3) is 0 Å². The highest BCUT2D eigenvalue weighted by molar-refractivity contribution is 5.95. The molecule has 0 bridgehead atoms. The van der Waals surface area contributed by atoms with E-state index in [0.29, 0.717) is 17.1 Å². The monoisotopic (exact) mass is 370 g/mol. The number of amides is 2. The average Bonchev–Trinajstić information content (AvgIpc) is 2.65. The Morgan fingerprint density at radius 3 is 2.37 bits per heavy atom. The number of hydrazine groups is 1. The smallest absolute Gasteiger partial charge is 0.276 e. The Morgan fingerprint density at radius 1 is 1.04 bits per heavy atom. The van der Waals surface area contributed by atoms with Gasteiger partial charge >= 0.3 is 0 Å². The van der Waals surface area contributed by atoms with E-state index in [1.54, 1.807) is 24.3 Å². The predicted molar refractivity (Wildman–Crippen MR) is 104 cm³/mol. The molecule has 2 aromatic rings. The molecule has 0 spiro atoms. The van der Waals surface area contributed by atoms with Crippen molar-refractivity contribution >= 4 is 11.8 Å². The molecule has 0 saturated heterocycles. The van der Waals surface area contributed by atoms with Gasteiger partial charge < -0.3 is 9.47 Å². The Labute approximate surface area is 159 Å². The lowest BCUT2D eigenvalue weighted by molar-refractivity contribution is -0.123. The number of rotatable bonds is 7. The highest BCUT2D eigenvalue weighted by Gasteiger charge is 2.11. The zero-order chi connectivity index (χ0) is 19.8. The number of hydrogen-bond donors (Lipinski definition) is 2. The molecule has 0 aliphatic heterocycles. The van der Waals surface area contributed by atoms with Crippen molar-refractivity contribution in [1.82, 2.24) is 10.9 Å². The maximum atomic E-state index is 12.2. The number of nitrogens with one attached hydrogen (secondary N) is 2. The van der Waals surface area contributed by atoms with Crippen LogP contribution in [0.15, 0.2) is 42.5 Å². The minimum absolute atomic E-state index is 0.0602. The minimum atomic E-state index is -0.446. The lowest BCUT2D eigenvalue weighted by Gasteiger charge is -2.14. The van der Waals surface area contributed by atoms with Gasteiger partial charge in [-0.05, 0) is 56.5 Å². The molecule has 0 fully saturated rings. The summed E-state index contributed by atoms with van der Waals surface area (Å²) in [5.74, 6) is 0.415. The third-order valence-corrected chi connectivity index (χ3v) is 4.08. The van der Waals surface area contributed by atoms with E-state index in [4.69, 9.17) is 9.47 Å². The van der Waals surface area contributed by atoms with E-state index in [-0.39, 0.29) is 12.7 Å². The van der Waals surface area contributed by atoms with Crippen LogP contribution in [0.3, 0.4) is 0 Å². The molecule has 0 saturated carbocycles. The fourth-order valence-corrected chi connectivity index (χ4v) is 2.43. The Kier molecular flexibility index (Phi) is 7.23. The Hall–Kier alpha value is -3.02. The highest BCUT2D eigenvalue weighted by Crippen LogP contribution is 2.22. The van der Waals surface area contributed by atoms with Gasteiger partial charge in [-0.15, -0.1) is 0 Å². The van der Waals surface area contributed by atoms with Gasteiger partial charge in [0.15, 0.2) is 6.61 Å². The van der Waals surface area contributed by atoms with E-state index in [9.17, 15) is 9.59 Å². The SMILES string of the molecule is CCC(C)Oc1cccc(C(=O)NNC(=O)COc2c(C)cccc2C)c1. The van der Waals surface area contributed by atoms with Gasteiger partial charge in [-0.25, -0.2) is 0 Å². The molecule has 0 aromatic heterocycles. The lowest BCUT2D eigenvalue weighted by atomic mass is 10.1. The maximum Gasteiger partial charge on any atom is 0.276 e. The fourth-order valence-electron chi connectivity index (χ4n) is 2.43. The second-order valence-electron chi connectivity index (χ2n) is 6.38. The number of aryl methyl sites for hydroxylation is 2. The summed E-state index contributed by atoms with van der Waals surface area (Å²) in [7, 11) is 0. The summed E-state index contributed by atoms with van der Waals surface area (Å²) in [6.07, 6.45) is 0.928. The zero-order valence-corrected chi connectivity index (χ0v) is 16.2. The topological polar surface area (TPSA) is 76.7 Å². The largest absolute Gasteiger partial charge is 0.491 e. The Balaban J connectivity index is 1.86. The number of para-hydroxylation sites is 1. The summed E-state index contributed by atoms with van der Waals surface area (Å²) in [5.41, 5.74) is 7.04. The summed E-state index contributed by atoms with van der Waals surface area (Å²) in [5, 5.41) is 0. The van der Waals surface area contributed by atoms with Crippen LogP contribution >= 0.6 is 0 Å². The maximum absolute atomic E-state index is 12.2. The van der Waals surface area contributed by atoms with Crippen LogP contribution in [0.2, 0.25) is 0 Å². The quantitative estimate of drug-likeness (QED) is 0.733.